The predicted octanol–water partition coefficient (Wildman–Crippen LogP) is 14.0. The van der Waals surface area contributed by atoms with Crippen molar-refractivity contribution < 1.29 is 38.0 Å². The average Bonchev–Trinajstić information content (AvgIpc) is 1.61. The van der Waals surface area contributed by atoms with E-state index in [4.69, 9.17) is 28.8 Å². The van der Waals surface area contributed by atoms with Crippen molar-refractivity contribution in [1.82, 2.24) is 40.4 Å². The molecule has 0 spiro atoms. The molecule has 7 fully saturated rings. The lowest BCUT2D eigenvalue weighted by Gasteiger charge is -2.37. The molecule has 4 unspecified atom stereocenters. The van der Waals surface area contributed by atoms with Crippen molar-refractivity contribution in [2.75, 3.05) is 14.2 Å². The Morgan fingerprint density at radius 3 is 1.45 bits per heavy atom. The van der Waals surface area contributed by atoms with Crippen LogP contribution >= 0.6 is 22.6 Å². The number of alkyl carbamates (subject to hydrolysis) is 2. The zero-order valence-corrected chi connectivity index (χ0v) is 57.8. The number of fused-ring (bicyclic) bond motifs is 10. The first-order chi connectivity index (χ1) is 44.0. The number of rotatable bonds is 12. The molecule has 4 saturated carbocycles. The molecule has 9 aliphatic rings. The van der Waals surface area contributed by atoms with E-state index in [1.165, 1.54) is 78.6 Å². The lowest BCUT2D eigenvalue weighted by Crippen LogP contribution is -2.54. The number of imidazole rings is 2. The maximum Gasteiger partial charge on any atom is 0.494 e. The highest BCUT2D eigenvalue weighted by atomic mass is 127. The number of H-pyrrole nitrogens is 2. The molecule has 3 saturated heterocycles. The molecule has 486 valence electrons. The van der Waals surface area contributed by atoms with E-state index in [0.29, 0.717) is 11.8 Å². The number of ether oxygens (including phenoxy) is 2. The summed E-state index contributed by atoms with van der Waals surface area (Å²) in [4.78, 5) is 72.1. The van der Waals surface area contributed by atoms with Gasteiger partial charge in [-0.15, -0.1) is 0 Å². The highest BCUT2D eigenvalue weighted by molar-refractivity contribution is 14.1. The number of amides is 4. The van der Waals surface area contributed by atoms with E-state index in [1.807, 2.05) is 102 Å². The van der Waals surface area contributed by atoms with Crippen molar-refractivity contribution in [3.05, 3.63) is 134 Å². The fourth-order valence-corrected chi connectivity index (χ4v) is 17.9. The summed E-state index contributed by atoms with van der Waals surface area (Å²) in [6.07, 6.45) is 16.8. The van der Waals surface area contributed by atoms with Crippen LogP contribution in [0.25, 0.3) is 33.6 Å². The van der Waals surface area contributed by atoms with E-state index >= 15 is 0 Å². The number of likely N-dealkylation sites (tertiary alicyclic amines) is 2. The van der Waals surface area contributed by atoms with E-state index in [9.17, 15) is 19.2 Å². The van der Waals surface area contributed by atoms with Gasteiger partial charge in [-0.1, -0.05) is 94.4 Å². The highest BCUT2D eigenvalue weighted by Gasteiger charge is 2.55. The van der Waals surface area contributed by atoms with Crippen LogP contribution in [0, 0.1) is 52.9 Å². The molecule has 12 atom stereocenters. The minimum Gasteiger partial charge on any atom is -0.453 e. The van der Waals surface area contributed by atoms with E-state index in [1.54, 1.807) is 22.3 Å². The van der Waals surface area contributed by atoms with E-state index in [2.05, 4.69) is 106 Å². The number of benzene rings is 4. The Morgan fingerprint density at radius 2 is 1.00 bits per heavy atom. The van der Waals surface area contributed by atoms with Gasteiger partial charge < -0.3 is 49.2 Å². The summed E-state index contributed by atoms with van der Waals surface area (Å²) in [7, 11) is 2.22. The Hall–Kier alpha value is -6.51. The molecule has 0 radical (unpaired) electrons. The second-order valence-corrected chi connectivity index (χ2v) is 30.7. The first kappa shape index (κ1) is 64.2. The first-order valence-electron chi connectivity index (χ1n) is 33.9. The normalized spacial score (nSPS) is 26.8. The van der Waals surface area contributed by atoms with Crippen molar-refractivity contribution in [3.8, 4) is 33.6 Å². The Labute approximate surface area is 556 Å². The van der Waals surface area contributed by atoms with Gasteiger partial charge in [0.25, 0.3) is 0 Å². The standard InChI is InChI=1S/C34H40N4O3.C28H39BN4O5.C12H13I/c1-18(2)30(37-34(40)41-4)33(39)38-24-12-10-23(15-24)31(38)32-35-17-28(36-32)21-8-6-20(7-9-21)25-13-5-19(3)27-16-22-11-14-26(22)29(25)27;1-16(2)22(32-26(35)36-7)25(34)33-20-13-10-18(14-20)23(33)24-30-15-21(31-24)17-8-11-19(12-9-17)29-37-27(3,4)28(5,6)38-29;1-7-2-5-11(13)12-9-4-3-8(9)6-10(7)12/h5-9,13,17-18,22-24,26,30-31H,10-12,14-16H2,1-4H3,(H,35,36)(H,37,40);8-9,11-12,15-16,18,20,22-23H,10,13-14H2,1-7H3,(H,30,31)(H,32,35);2,5,8-9H,3-4,6H2,1H3/t22?,23-,24+,26?,30-,31-;18-,20+,22-,23-;/m00./s1. The van der Waals surface area contributed by atoms with Crippen LogP contribution in [0.1, 0.15) is 189 Å². The smallest absolute Gasteiger partial charge is 0.453 e. The monoisotopic (exact) mass is 1360 g/mol. The zero-order valence-electron chi connectivity index (χ0n) is 55.7. The van der Waals surface area contributed by atoms with Crippen molar-refractivity contribution in [2.24, 2.45) is 35.5 Å². The molecule has 16 nitrogen and oxygen atoms in total. The summed E-state index contributed by atoms with van der Waals surface area (Å²) < 4.78 is 23.5. The summed E-state index contributed by atoms with van der Waals surface area (Å²) in [5, 5.41) is 5.51. The maximum atomic E-state index is 13.8. The molecule has 4 amide bonds. The van der Waals surface area contributed by atoms with Gasteiger partial charge in [0.15, 0.2) is 0 Å². The molecule has 5 heterocycles. The molecule has 3 aliphatic heterocycles. The number of carbonyl (C=O) groups is 4. The third-order valence-corrected chi connectivity index (χ3v) is 24.0. The lowest BCUT2D eigenvalue weighted by molar-refractivity contribution is -0.140. The number of carbonyl (C=O) groups excluding carboxylic acids is 4. The van der Waals surface area contributed by atoms with Gasteiger partial charge in [0.2, 0.25) is 11.8 Å². The number of hydrogen-bond acceptors (Lipinski definition) is 10. The number of aryl methyl sites for hydroxylation is 2. The molecule has 18 heteroatoms. The zero-order chi connectivity index (χ0) is 64.8. The van der Waals surface area contributed by atoms with E-state index in [-0.39, 0.29) is 59.0 Å². The fraction of sp³-hybridized carbons (Fsp3) is 0.541. The second-order valence-electron chi connectivity index (χ2n) is 29.6. The maximum absolute atomic E-state index is 13.8. The van der Waals surface area contributed by atoms with Gasteiger partial charge in [0, 0.05) is 15.7 Å². The van der Waals surface area contributed by atoms with Gasteiger partial charge >= 0.3 is 19.3 Å². The summed E-state index contributed by atoms with van der Waals surface area (Å²) in [5.41, 5.74) is 16.3. The molecular formula is C74H92BIN8O8. The molecule has 4 bridgehead atoms. The Morgan fingerprint density at radius 1 is 0.576 bits per heavy atom. The number of aromatic nitrogens is 4. The lowest BCUT2D eigenvalue weighted by atomic mass is 9.73. The number of aromatic amines is 2. The van der Waals surface area contributed by atoms with Crippen molar-refractivity contribution in [2.45, 2.75) is 206 Å². The molecule has 2 aromatic heterocycles. The quantitative estimate of drug-likeness (QED) is 0.0677. The predicted molar refractivity (Wildman–Crippen MR) is 366 cm³/mol. The van der Waals surface area contributed by atoms with Crippen molar-refractivity contribution in [3.63, 3.8) is 0 Å². The topological polar surface area (TPSA) is 193 Å². The van der Waals surface area contributed by atoms with Crippen LogP contribution in [0.5, 0.6) is 0 Å². The summed E-state index contributed by atoms with van der Waals surface area (Å²) in [6.45, 7) is 20.5. The van der Waals surface area contributed by atoms with Crippen molar-refractivity contribution in [1.29, 1.82) is 0 Å². The van der Waals surface area contributed by atoms with Crippen LogP contribution in [0.15, 0.2) is 85.2 Å². The first-order valence-corrected chi connectivity index (χ1v) is 35.0. The number of methoxy groups -OCH3 is 2. The van der Waals surface area contributed by atoms with Crippen LogP contribution in [0.3, 0.4) is 0 Å². The van der Waals surface area contributed by atoms with Crippen LogP contribution < -0.4 is 16.1 Å². The SMILES string of the molecule is COC(=O)N[C@H](C(=O)N1[C@@H]2CC[C@@H](C2)[C@H]1c1ncc(-c2ccc(-c3ccc(C)c4c3C3CCC3C4)cc2)[nH]1)C(C)C.COC(=O)N[C@H](C(=O)N1[C@@H]2CC[C@@H](C2)[C@H]1c1ncc(-c2ccc(B3OC(C)(C)C(C)(C)O3)cc2)[nH]1)C(C)C.Cc1ccc(I)c2c1CC1CCC21. The number of nitrogens with zero attached hydrogens (tertiary/aromatic N) is 4. The van der Waals surface area contributed by atoms with Crippen LogP contribution in [-0.2, 0) is 41.2 Å². The molecule has 6 aliphatic carbocycles. The molecule has 6 aromatic rings. The van der Waals surface area contributed by atoms with Gasteiger partial charge in [-0.2, -0.15) is 0 Å². The molecular weight excluding hydrogens is 1270 g/mol. The van der Waals surface area contributed by atoms with Crippen molar-refractivity contribution >= 4 is 59.2 Å². The summed E-state index contributed by atoms with van der Waals surface area (Å²) >= 11 is 2.50. The van der Waals surface area contributed by atoms with Gasteiger partial charge in [-0.05, 0) is 256 Å². The van der Waals surface area contributed by atoms with Gasteiger partial charge in [0.05, 0.1) is 61.3 Å². The van der Waals surface area contributed by atoms with E-state index < -0.39 is 31.4 Å². The molecule has 15 rings (SSSR count). The second kappa shape index (κ2) is 25.3. The van der Waals surface area contributed by atoms with Gasteiger partial charge in [-0.3, -0.25) is 9.59 Å². The largest absolute Gasteiger partial charge is 0.494 e. The summed E-state index contributed by atoms with van der Waals surface area (Å²) in [5.74, 6) is 5.59. The van der Waals surface area contributed by atoms with Crippen LogP contribution in [0.4, 0.5) is 9.59 Å². The van der Waals surface area contributed by atoms with Gasteiger partial charge in [0.1, 0.15) is 23.7 Å². The average molecular weight is 1360 g/mol. The third-order valence-electron chi connectivity index (χ3n) is 23.1. The fourth-order valence-electron chi connectivity index (χ4n) is 17.0. The number of nitrogens with one attached hydrogen (secondary N) is 4. The number of halogens is 1. The van der Waals surface area contributed by atoms with Gasteiger partial charge in [-0.25, -0.2) is 19.6 Å². The molecule has 4 N–H and O–H groups in total. The summed E-state index contributed by atoms with van der Waals surface area (Å²) in [6, 6.07) is 25.0. The Kier molecular flexibility index (Phi) is 17.7. The number of hydrogen-bond donors (Lipinski definition) is 4. The van der Waals surface area contributed by atoms with Crippen LogP contribution in [0.2, 0.25) is 0 Å². The Bertz CT molecular complexity index is 3750. The molecule has 4 aromatic carbocycles. The third kappa shape index (κ3) is 11.7. The number of piperidine rings is 2. The Balaban J connectivity index is 0.000000140. The highest BCUT2D eigenvalue weighted by Crippen LogP contribution is 2.56. The van der Waals surface area contributed by atoms with E-state index in [0.717, 1.165) is 102 Å². The molecule has 92 heavy (non-hydrogen) atoms. The minimum atomic E-state index is -0.652. The van der Waals surface area contributed by atoms with Crippen LogP contribution in [-0.4, -0.2) is 110 Å². The minimum absolute atomic E-state index is 0.0516.